The van der Waals surface area contributed by atoms with Crippen molar-refractivity contribution in [1.29, 1.82) is 0 Å². The van der Waals surface area contributed by atoms with Gasteiger partial charge in [-0.1, -0.05) is 23.7 Å². The summed E-state index contributed by atoms with van der Waals surface area (Å²) in [6.45, 7) is 1.68. The van der Waals surface area contributed by atoms with Crippen LogP contribution >= 0.6 is 11.6 Å². The Balaban J connectivity index is 1.60. The van der Waals surface area contributed by atoms with Crippen LogP contribution in [-0.2, 0) is 16.1 Å². The van der Waals surface area contributed by atoms with Crippen molar-refractivity contribution in [3.8, 4) is 0 Å². The number of rotatable bonds is 5. The minimum absolute atomic E-state index is 0.0316. The van der Waals surface area contributed by atoms with E-state index in [-0.39, 0.29) is 46.4 Å². The quantitative estimate of drug-likeness (QED) is 0.425. The molecule has 0 unspecified atom stereocenters. The minimum Gasteiger partial charge on any atom is -0.355 e. The van der Waals surface area contributed by atoms with Crippen LogP contribution in [0.4, 0.5) is 33.2 Å². The lowest BCUT2D eigenvalue weighted by Gasteiger charge is -2.17. The van der Waals surface area contributed by atoms with E-state index >= 15 is 0 Å². The van der Waals surface area contributed by atoms with Crippen molar-refractivity contribution in [2.24, 2.45) is 0 Å². The van der Waals surface area contributed by atoms with Gasteiger partial charge in [0.05, 0.1) is 17.4 Å². The fraction of sp³-hybridized carbons (Fsp3) is 0.174. The van der Waals surface area contributed by atoms with E-state index in [1.807, 2.05) is 0 Å². The summed E-state index contributed by atoms with van der Waals surface area (Å²) < 4.78 is 14.5. The largest absolute Gasteiger partial charge is 0.355 e. The van der Waals surface area contributed by atoms with Gasteiger partial charge in [-0.15, -0.1) is 0 Å². The van der Waals surface area contributed by atoms with E-state index in [4.69, 9.17) is 11.6 Å². The Bertz CT molecular complexity index is 1330. The average Bonchev–Trinajstić information content (AvgIpc) is 2.99. The van der Waals surface area contributed by atoms with Gasteiger partial charge in [-0.3, -0.25) is 14.4 Å². The zero-order valence-electron chi connectivity index (χ0n) is 18.8. The summed E-state index contributed by atoms with van der Waals surface area (Å²) in [5.74, 6) is -1.41. The molecule has 12 heteroatoms. The van der Waals surface area contributed by atoms with Crippen molar-refractivity contribution in [3.63, 3.8) is 0 Å². The number of nitrogens with zero attached hydrogens (tertiary/aromatic N) is 3. The molecule has 4 rings (SSSR count). The van der Waals surface area contributed by atoms with E-state index < -0.39 is 11.7 Å². The van der Waals surface area contributed by atoms with E-state index in [1.165, 1.54) is 43.3 Å². The molecule has 2 heterocycles. The molecular formula is C23H21ClFN7O3. The number of carbonyl (C=O) groups is 3. The molecule has 35 heavy (non-hydrogen) atoms. The Labute approximate surface area is 204 Å². The van der Waals surface area contributed by atoms with Gasteiger partial charge in [0.2, 0.25) is 17.8 Å². The second-order valence-corrected chi connectivity index (χ2v) is 8.08. The topological polar surface area (TPSA) is 128 Å². The molecule has 3 amide bonds. The first-order valence-electron chi connectivity index (χ1n) is 10.5. The molecule has 4 N–H and O–H groups in total. The SMILES string of the molecule is CNC(=O)c1cccc(F)c1Nc1nc(Nc2ccc3c(c2)NC(=O)CN(C(C)=O)C3)ncc1Cl. The van der Waals surface area contributed by atoms with Crippen molar-refractivity contribution in [1.82, 2.24) is 20.2 Å². The van der Waals surface area contributed by atoms with Gasteiger partial charge in [0.15, 0.2) is 5.82 Å². The van der Waals surface area contributed by atoms with Crippen LogP contribution in [0.3, 0.4) is 0 Å². The molecule has 1 aliphatic rings. The van der Waals surface area contributed by atoms with Crippen LogP contribution in [0.1, 0.15) is 22.8 Å². The molecule has 180 valence electrons. The summed E-state index contributed by atoms with van der Waals surface area (Å²) in [6.07, 6.45) is 1.33. The lowest BCUT2D eigenvalue weighted by atomic mass is 10.1. The number of hydrogen-bond acceptors (Lipinski definition) is 7. The van der Waals surface area contributed by atoms with E-state index in [0.717, 1.165) is 5.56 Å². The molecule has 0 saturated heterocycles. The molecular weight excluding hydrogens is 477 g/mol. The molecule has 0 bridgehead atoms. The maximum Gasteiger partial charge on any atom is 0.253 e. The smallest absolute Gasteiger partial charge is 0.253 e. The lowest BCUT2D eigenvalue weighted by molar-refractivity contribution is -0.133. The molecule has 0 atom stereocenters. The van der Waals surface area contributed by atoms with Crippen molar-refractivity contribution in [2.75, 3.05) is 29.5 Å². The monoisotopic (exact) mass is 497 g/mol. The second kappa shape index (κ2) is 9.94. The van der Waals surface area contributed by atoms with Gasteiger partial charge >= 0.3 is 0 Å². The van der Waals surface area contributed by atoms with Crippen molar-refractivity contribution in [3.05, 3.63) is 64.6 Å². The van der Waals surface area contributed by atoms with E-state index in [2.05, 4.69) is 31.2 Å². The number of aromatic nitrogens is 2. The van der Waals surface area contributed by atoms with E-state index in [0.29, 0.717) is 17.9 Å². The molecule has 10 nitrogen and oxygen atoms in total. The molecule has 3 aromatic rings. The Morgan fingerprint density at radius 3 is 2.71 bits per heavy atom. The van der Waals surface area contributed by atoms with Crippen molar-refractivity contribution < 1.29 is 18.8 Å². The summed E-state index contributed by atoms with van der Waals surface area (Å²) in [5, 5.41) is 11.1. The molecule has 0 radical (unpaired) electrons. The number of para-hydroxylation sites is 1. The predicted molar refractivity (Wildman–Crippen MR) is 130 cm³/mol. The highest BCUT2D eigenvalue weighted by Crippen LogP contribution is 2.30. The molecule has 0 fully saturated rings. The Hall–Kier alpha value is -4.25. The highest BCUT2D eigenvalue weighted by atomic mass is 35.5. The first-order chi connectivity index (χ1) is 16.7. The normalized spacial score (nSPS) is 12.8. The first kappa shape index (κ1) is 23.9. The first-order valence-corrected chi connectivity index (χ1v) is 10.9. The van der Waals surface area contributed by atoms with Crippen molar-refractivity contribution >= 4 is 58.2 Å². The molecule has 1 aromatic heterocycles. The number of anilines is 5. The Morgan fingerprint density at radius 1 is 1.17 bits per heavy atom. The molecule has 0 aliphatic carbocycles. The summed E-state index contributed by atoms with van der Waals surface area (Å²) in [7, 11) is 1.44. The number of halogens is 2. The van der Waals surface area contributed by atoms with Crippen LogP contribution in [0.2, 0.25) is 5.02 Å². The third kappa shape index (κ3) is 5.30. The maximum atomic E-state index is 14.5. The van der Waals surface area contributed by atoms with Gasteiger partial charge in [0, 0.05) is 31.9 Å². The van der Waals surface area contributed by atoms with Gasteiger partial charge in [0.1, 0.15) is 17.4 Å². The number of hydrogen-bond donors (Lipinski definition) is 4. The van der Waals surface area contributed by atoms with Crippen LogP contribution in [0.25, 0.3) is 0 Å². The summed E-state index contributed by atoms with van der Waals surface area (Å²) in [4.78, 5) is 46.0. The Kier molecular flexibility index (Phi) is 6.78. The Morgan fingerprint density at radius 2 is 1.97 bits per heavy atom. The predicted octanol–water partition coefficient (Wildman–Crippen LogP) is 3.42. The highest BCUT2D eigenvalue weighted by molar-refractivity contribution is 6.33. The fourth-order valence-corrected chi connectivity index (χ4v) is 3.63. The van der Waals surface area contributed by atoms with Gasteiger partial charge in [-0.05, 0) is 29.8 Å². The van der Waals surface area contributed by atoms with Crippen LogP contribution in [0, 0.1) is 5.82 Å². The number of amides is 3. The summed E-state index contributed by atoms with van der Waals surface area (Å²) >= 11 is 6.22. The number of benzene rings is 2. The summed E-state index contributed by atoms with van der Waals surface area (Å²) in [6, 6.07) is 9.33. The van der Waals surface area contributed by atoms with Gasteiger partial charge in [-0.2, -0.15) is 4.98 Å². The fourth-order valence-electron chi connectivity index (χ4n) is 3.49. The van der Waals surface area contributed by atoms with Gasteiger partial charge in [-0.25, -0.2) is 9.37 Å². The number of nitrogens with one attached hydrogen (secondary N) is 4. The van der Waals surface area contributed by atoms with Crippen LogP contribution in [-0.4, -0.2) is 46.2 Å². The maximum absolute atomic E-state index is 14.5. The average molecular weight is 498 g/mol. The molecule has 0 spiro atoms. The van der Waals surface area contributed by atoms with Gasteiger partial charge < -0.3 is 26.2 Å². The third-order valence-electron chi connectivity index (χ3n) is 5.25. The zero-order valence-corrected chi connectivity index (χ0v) is 19.5. The van der Waals surface area contributed by atoms with E-state index in [9.17, 15) is 18.8 Å². The van der Waals surface area contributed by atoms with E-state index in [1.54, 1.807) is 18.2 Å². The highest BCUT2D eigenvalue weighted by Gasteiger charge is 2.21. The zero-order chi connectivity index (χ0) is 25.1. The van der Waals surface area contributed by atoms with Crippen LogP contribution in [0.5, 0.6) is 0 Å². The number of fused-ring (bicyclic) bond motifs is 1. The standard InChI is InChI=1S/C23H21ClFN7O3/c1-12(33)32-10-13-6-7-14(8-18(13)29-19(34)11-32)28-23-27-9-16(24)21(31-23)30-20-15(22(35)26-2)4-3-5-17(20)25/h3-9H,10-11H2,1-2H3,(H,26,35)(H,29,34)(H2,27,28,30,31). The molecule has 0 saturated carbocycles. The van der Waals surface area contributed by atoms with Crippen LogP contribution < -0.4 is 21.3 Å². The summed E-state index contributed by atoms with van der Waals surface area (Å²) in [5.41, 5.74) is 1.89. The second-order valence-electron chi connectivity index (χ2n) is 7.68. The molecule has 2 aromatic carbocycles. The minimum atomic E-state index is -0.656. The lowest BCUT2D eigenvalue weighted by Crippen LogP contribution is -2.33. The molecule has 1 aliphatic heterocycles. The van der Waals surface area contributed by atoms with Gasteiger partial charge in [0.25, 0.3) is 5.91 Å². The van der Waals surface area contributed by atoms with Crippen LogP contribution in [0.15, 0.2) is 42.6 Å². The third-order valence-corrected chi connectivity index (χ3v) is 5.53. The number of carbonyl (C=O) groups excluding carboxylic acids is 3. The van der Waals surface area contributed by atoms with Crippen molar-refractivity contribution in [2.45, 2.75) is 13.5 Å².